The Bertz CT molecular complexity index is 2240. The average molecular weight is 697 g/mol. The van der Waals surface area contributed by atoms with Gasteiger partial charge in [0.1, 0.15) is 29.5 Å². The molecule has 0 amide bonds. The molecule has 0 aromatic heterocycles. The number of phenolic OH excluding ortho intramolecular Hbond substituents is 3. The molecule has 3 aromatic rings. The summed E-state index contributed by atoms with van der Waals surface area (Å²) in [7, 11) is 0. The van der Waals surface area contributed by atoms with Gasteiger partial charge >= 0.3 is 11.9 Å². The van der Waals surface area contributed by atoms with E-state index in [1.807, 2.05) is 0 Å². The van der Waals surface area contributed by atoms with E-state index < -0.39 is 111 Å². The van der Waals surface area contributed by atoms with E-state index in [9.17, 15) is 54.0 Å². The maximum Gasteiger partial charge on any atom is 0.303 e. The summed E-state index contributed by atoms with van der Waals surface area (Å²) < 4.78 is 10.5. The summed E-state index contributed by atoms with van der Waals surface area (Å²) >= 11 is 0. The van der Waals surface area contributed by atoms with Crippen molar-refractivity contribution in [3.63, 3.8) is 0 Å². The summed E-state index contributed by atoms with van der Waals surface area (Å²) in [5.41, 5.74) is -4.97. The number of fused-ring (bicyclic) bond motifs is 3. The van der Waals surface area contributed by atoms with Crippen molar-refractivity contribution in [2.24, 2.45) is 5.92 Å². The van der Waals surface area contributed by atoms with E-state index in [0.717, 1.165) is 6.92 Å². The van der Waals surface area contributed by atoms with Crippen molar-refractivity contribution < 1.29 is 63.5 Å². The molecule has 0 spiro atoms. The first-order valence-electron chi connectivity index (χ1n) is 15.9. The molecular weight excluding hydrogens is 664 g/mol. The van der Waals surface area contributed by atoms with Crippen molar-refractivity contribution in [1.82, 2.24) is 0 Å². The number of benzene rings is 3. The predicted octanol–water partition coefficient (Wildman–Crippen LogP) is 4.15. The fraction of sp³-hybridized carbons (Fsp3) is 0.289. The van der Waals surface area contributed by atoms with Crippen LogP contribution in [0.1, 0.15) is 111 Å². The highest BCUT2D eigenvalue weighted by Gasteiger charge is 2.53. The van der Waals surface area contributed by atoms with E-state index in [1.165, 1.54) is 58.0 Å². The Hall–Kier alpha value is -5.95. The molecule has 13 heteroatoms. The molecule has 13 nitrogen and oxygen atoms in total. The number of carbonyl (C=O) groups is 7. The molecule has 0 saturated carbocycles. The Morgan fingerprint density at radius 1 is 0.745 bits per heavy atom. The standard InChI is InChI=1S/C38H32O13/c1-13-11-22(41)27-29(24(13)14(2)50-16(4)39)34(45)20-9-7-18(32(43)25(20)36(27)47)19-8-10-21-26(33(19)44)37(48)28-23(42)12-38(6,49)31(30(28)35(21)46)15(3)51-17(5)40/h7-11,14-15,31,41,43-44,49H,12H2,1-6H3/t14-,15-,31-,38+/m1/s1. The number of Topliss-reactive ketones (excluding diaryl/α,β-unsaturated/α-hetero) is 3. The van der Waals surface area contributed by atoms with Crippen LogP contribution in [0.5, 0.6) is 17.2 Å². The summed E-state index contributed by atoms with van der Waals surface area (Å²) in [5, 5.41) is 45.1. The summed E-state index contributed by atoms with van der Waals surface area (Å²) in [6.07, 6.45) is -2.69. The van der Waals surface area contributed by atoms with Gasteiger partial charge in [0.15, 0.2) is 17.3 Å². The molecule has 262 valence electrons. The zero-order valence-corrected chi connectivity index (χ0v) is 28.3. The lowest BCUT2D eigenvalue weighted by Crippen LogP contribution is -2.52. The topological polar surface area (TPSA) is 219 Å². The highest BCUT2D eigenvalue weighted by atomic mass is 16.5. The molecule has 3 aliphatic rings. The van der Waals surface area contributed by atoms with Crippen LogP contribution in [0.4, 0.5) is 0 Å². The van der Waals surface area contributed by atoms with Gasteiger partial charge in [0.25, 0.3) is 0 Å². The quantitative estimate of drug-likeness (QED) is 0.170. The summed E-state index contributed by atoms with van der Waals surface area (Å²) in [4.78, 5) is 92.6. The van der Waals surface area contributed by atoms with Crippen LogP contribution >= 0.6 is 0 Å². The number of aryl methyl sites for hydroxylation is 1. The van der Waals surface area contributed by atoms with Gasteiger partial charge < -0.3 is 29.9 Å². The van der Waals surface area contributed by atoms with Gasteiger partial charge in [-0.3, -0.25) is 33.6 Å². The van der Waals surface area contributed by atoms with Crippen LogP contribution in [0.3, 0.4) is 0 Å². The van der Waals surface area contributed by atoms with Crippen LogP contribution in [-0.2, 0) is 23.9 Å². The summed E-state index contributed by atoms with van der Waals surface area (Å²) in [6.45, 7) is 8.08. The van der Waals surface area contributed by atoms with Gasteiger partial charge in [-0.05, 0) is 63.6 Å². The summed E-state index contributed by atoms with van der Waals surface area (Å²) in [5.74, 6) is -9.25. The predicted molar refractivity (Wildman–Crippen MR) is 176 cm³/mol. The van der Waals surface area contributed by atoms with E-state index in [0.29, 0.717) is 5.56 Å². The highest BCUT2D eigenvalue weighted by Crippen LogP contribution is 2.50. The van der Waals surface area contributed by atoms with Crippen LogP contribution in [0.2, 0.25) is 0 Å². The van der Waals surface area contributed by atoms with Crippen LogP contribution < -0.4 is 0 Å². The second kappa shape index (κ2) is 11.8. The first-order valence-corrected chi connectivity index (χ1v) is 15.9. The van der Waals surface area contributed by atoms with Crippen LogP contribution in [0, 0.1) is 12.8 Å². The lowest BCUT2D eigenvalue weighted by molar-refractivity contribution is -0.153. The first-order chi connectivity index (χ1) is 23.8. The minimum atomic E-state index is -1.87. The molecule has 4 atom stereocenters. The third-order valence-electron chi connectivity index (χ3n) is 9.69. The molecule has 3 aliphatic carbocycles. The molecule has 0 radical (unpaired) electrons. The third-order valence-corrected chi connectivity index (χ3v) is 9.69. The third kappa shape index (κ3) is 5.14. The normalized spacial score (nSPS) is 20.6. The molecule has 0 saturated heterocycles. The first kappa shape index (κ1) is 34.9. The van der Waals surface area contributed by atoms with Gasteiger partial charge in [-0.2, -0.15) is 0 Å². The number of ketones is 5. The Balaban J connectivity index is 1.49. The van der Waals surface area contributed by atoms with Gasteiger partial charge in [-0.15, -0.1) is 0 Å². The number of aliphatic hydroxyl groups is 1. The van der Waals surface area contributed by atoms with Gasteiger partial charge in [-0.1, -0.05) is 0 Å². The largest absolute Gasteiger partial charge is 0.507 e. The van der Waals surface area contributed by atoms with E-state index in [-0.39, 0.29) is 39.0 Å². The van der Waals surface area contributed by atoms with Crippen LogP contribution in [0.15, 0.2) is 41.5 Å². The number of rotatable bonds is 5. The maximum absolute atomic E-state index is 14.0. The minimum absolute atomic E-state index is 0.193. The molecule has 0 bridgehead atoms. The number of esters is 2. The zero-order valence-electron chi connectivity index (χ0n) is 28.3. The van der Waals surface area contributed by atoms with Crippen LogP contribution in [0.25, 0.3) is 11.1 Å². The number of hydrogen-bond acceptors (Lipinski definition) is 13. The van der Waals surface area contributed by atoms with Gasteiger partial charge in [0.05, 0.1) is 33.8 Å². The molecule has 0 heterocycles. The monoisotopic (exact) mass is 696 g/mol. The Morgan fingerprint density at radius 2 is 1.25 bits per heavy atom. The lowest BCUT2D eigenvalue weighted by Gasteiger charge is -2.42. The number of hydrogen-bond donors (Lipinski definition) is 4. The Morgan fingerprint density at radius 3 is 1.80 bits per heavy atom. The molecule has 51 heavy (non-hydrogen) atoms. The fourth-order valence-electron chi connectivity index (χ4n) is 7.81. The van der Waals surface area contributed by atoms with Crippen molar-refractivity contribution in [2.75, 3.05) is 0 Å². The second-order valence-corrected chi connectivity index (χ2v) is 13.3. The van der Waals surface area contributed by atoms with E-state index in [1.54, 1.807) is 6.92 Å². The Kier molecular flexibility index (Phi) is 8.10. The molecule has 4 N–H and O–H groups in total. The fourth-order valence-corrected chi connectivity index (χ4v) is 7.81. The highest BCUT2D eigenvalue weighted by molar-refractivity contribution is 6.38. The number of phenols is 3. The van der Waals surface area contributed by atoms with E-state index in [2.05, 4.69) is 0 Å². The van der Waals surface area contributed by atoms with Crippen molar-refractivity contribution in [3.05, 3.63) is 86.0 Å². The van der Waals surface area contributed by atoms with Crippen molar-refractivity contribution in [2.45, 2.75) is 65.8 Å². The SMILES string of the molecule is CC(=O)O[C@H](C)c1c(C)cc(O)c2c1C(=O)c1ccc(-c3ccc4c(c3O)C(=O)C3=C(C4=O)[C@@H]([C@@H](C)OC(C)=O)[C@@](C)(O)CC3=O)c(O)c1C2=O. The van der Waals surface area contributed by atoms with Gasteiger partial charge in [0.2, 0.25) is 11.6 Å². The van der Waals surface area contributed by atoms with Crippen molar-refractivity contribution in [1.29, 1.82) is 0 Å². The molecule has 0 unspecified atom stereocenters. The molecule has 3 aromatic carbocycles. The number of ether oxygens (including phenoxy) is 2. The van der Waals surface area contributed by atoms with Gasteiger partial charge in [-0.25, -0.2) is 0 Å². The van der Waals surface area contributed by atoms with Gasteiger partial charge in [0, 0.05) is 59.2 Å². The lowest BCUT2D eigenvalue weighted by atomic mass is 9.64. The number of allylic oxidation sites excluding steroid dienone is 1. The number of carbonyl (C=O) groups excluding carboxylic acids is 7. The van der Waals surface area contributed by atoms with Crippen molar-refractivity contribution in [3.8, 4) is 28.4 Å². The van der Waals surface area contributed by atoms with Crippen molar-refractivity contribution >= 4 is 40.9 Å². The van der Waals surface area contributed by atoms with Crippen LogP contribution in [-0.4, -0.2) is 73.0 Å². The molecular formula is C38H32O13. The molecule has 0 aliphatic heterocycles. The number of aromatic hydroxyl groups is 3. The second-order valence-electron chi connectivity index (χ2n) is 13.3. The maximum atomic E-state index is 14.0. The van der Waals surface area contributed by atoms with E-state index >= 15 is 0 Å². The zero-order chi connectivity index (χ0) is 37.6. The molecule has 6 rings (SSSR count). The van der Waals surface area contributed by atoms with E-state index in [4.69, 9.17) is 9.47 Å². The minimum Gasteiger partial charge on any atom is -0.507 e. The smallest absolute Gasteiger partial charge is 0.303 e. The average Bonchev–Trinajstić information content (AvgIpc) is 3.00. The Labute approximate surface area is 290 Å². The summed E-state index contributed by atoms with van der Waals surface area (Å²) in [6, 6.07) is 6.04. The molecule has 0 fully saturated rings.